The van der Waals surface area contributed by atoms with Gasteiger partial charge in [0.05, 0.1) is 24.6 Å². The first-order chi connectivity index (χ1) is 12.6. The zero-order valence-corrected chi connectivity index (χ0v) is 14.7. The van der Waals surface area contributed by atoms with Gasteiger partial charge in [-0.1, -0.05) is 12.1 Å². The van der Waals surface area contributed by atoms with Gasteiger partial charge in [0.1, 0.15) is 11.5 Å². The van der Waals surface area contributed by atoms with E-state index in [2.05, 4.69) is 5.32 Å². The van der Waals surface area contributed by atoms with Gasteiger partial charge in [0.2, 0.25) is 0 Å². The van der Waals surface area contributed by atoms with Gasteiger partial charge in [-0.05, 0) is 42.8 Å². The van der Waals surface area contributed by atoms with Crippen LogP contribution in [0.2, 0.25) is 0 Å². The van der Waals surface area contributed by atoms with Crippen molar-refractivity contribution in [1.29, 1.82) is 0 Å². The number of amides is 2. The van der Waals surface area contributed by atoms with Gasteiger partial charge in [-0.2, -0.15) is 0 Å². The van der Waals surface area contributed by atoms with Crippen LogP contribution in [0, 0.1) is 6.92 Å². The molecule has 0 spiro atoms. The Morgan fingerprint density at radius 1 is 1.00 bits per heavy atom. The maximum atomic E-state index is 12.9. The Kier molecular flexibility index (Phi) is 5.22. The van der Waals surface area contributed by atoms with E-state index in [1.54, 1.807) is 49.4 Å². The Balaban J connectivity index is 1.82. The van der Waals surface area contributed by atoms with E-state index in [0.717, 1.165) is 5.56 Å². The second kappa shape index (κ2) is 7.74. The Morgan fingerprint density at radius 3 is 2.35 bits per heavy atom. The third kappa shape index (κ3) is 3.85. The summed E-state index contributed by atoms with van der Waals surface area (Å²) >= 11 is 0. The topological polar surface area (TPSA) is 75.7 Å². The predicted octanol–water partition coefficient (Wildman–Crippen LogP) is 3.38. The first-order valence-corrected chi connectivity index (χ1v) is 8.25. The Hall–Kier alpha value is -3.28. The molecule has 0 bridgehead atoms. The van der Waals surface area contributed by atoms with E-state index in [1.165, 1.54) is 6.26 Å². The zero-order valence-electron chi connectivity index (χ0n) is 14.7. The third-order valence-electron chi connectivity index (χ3n) is 4.12. The van der Waals surface area contributed by atoms with Crippen molar-refractivity contribution >= 4 is 11.8 Å². The highest BCUT2D eigenvalue weighted by atomic mass is 16.3. The molecule has 0 aliphatic rings. The fourth-order valence-electron chi connectivity index (χ4n) is 2.69. The first kappa shape index (κ1) is 17.5. The number of furan rings is 2. The SMILES string of the molecule is CNC(=O)c1ccc(CN(Cc2ccco2)C(=O)c2ccoc2C)cc1. The lowest BCUT2D eigenvalue weighted by Gasteiger charge is -2.22. The minimum absolute atomic E-state index is 0.136. The van der Waals surface area contributed by atoms with Crippen molar-refractivity contribution in [1.82, 2.24) is 10.2 Å². The van der Waals surface area contributed by atoms with Crippen molar-refractivity contribution < 1.29 is 18.4 Å². The molecule has 2 heterocycles. The Labute approximate surface area is 151 Å². The van der Waals surface area contributed by atoms with Crippen molar-refractivity contribution in [2.75, 3.05) is 7.05 Å². The lowest BCUT2D eigenvalue weighted by atomic mass is 10.1. The molecule has 0 unspecified atom stereocenters. The van der Waals surface area contributed by atoms with Gasteiger partial charge >= 0.3 is 0 Å². The van der Waals surface area contributed by atoms with Gasteiger partial charge in [0, 0.05) is 19.2 Å². The van der Waals surface area contributed by atoms with Crippen LogP contribution in [0.25, 0.3) is 0 Å². The van der Waals surface area contributed by atoms with Gasteiger partial charge in [-0.15, -0.1) is 0 Å². The Morgan fingerprint density at radius 2 is 1.77 bits per heavy atom. The fourth-order valence-corrected chi connectivity index (χ4v) is 2.69. The molecule has 0 saturated heterocycles. The van der Waals surface area contributed by atoms with Crippen LogP contribution < -0.4 is 5.32 Å². The molecule has 1 aromatic carbocycles. The van der Waals surface area contributed by atoms with Crippen LogP contribution in [0.1, 0.15) is 37.8 Å². The van der Waals surface area contributed by atoms with Gasteiger partial charge < -0.3 is 19.1 Å². The summed E-state index contributed by atoms with van der Waals surface area (Å²) in [6, 6.07) is 12.5. The molecule has 3 aromatic rings. The maximum Gasteiger partial charge on any atom is 0.258 e. The van der Waals surface area contributed by atoms with E-state index in [4.69, 9.17) is 8.83 Å². The zero-order chi connectivity index (χ0) is 18.5. The minimum Gasteiger partial charge on any atom is -0.469 e. The minimum atomic E-state index is -0.144. The second-order valence-corrected chi connectivity index (χ2v) is 5.91. The van der Waals surface area contributed by atoms with E-state index in [9.17, 15) is 9.59 Å². The van der Waals surface area contributed by atoms with E-state index in [0.29, 0.717) is 35.7 Å². The van der Waals surface area contributed by atoms with Crippen LogP contribution in [0.15, 0.2) is 63.8 Å². The highest BCUT2D eigenvalue weighted by Crippen LogP contribution is 2.18. The third-order valence-corrected chi connectivity index (χ3v) is 4.12. The highest BCUT2D eigenvalue weighted by Gasteiger charge is 2.21. The van der Waals surface area contributed by atoms with Crippen LogP contribution in [0.5, 0.6) is 0 Å². The highest BCUT2D eigenvalue weighted by molar-refractivity contribution is 5.95. The number of benzene rings is 1. The molecule has 0 aliphatic carbocycles. The molecule has 3 rings (SSSR count). The van der Waals surface area contributed by atoms with Crippen molar-refractivity contribution in [2.45, 2.75) is 20.0 Å². The molecule has 2 aromatic heterocycles. The number of carbonyl (C=O) groups is 2. The number of hydrogen-bond donors (Lipinski definition) is 1. The summed E-state index contributed by atoms with van der Waals surface area (Å²) in [5.74, 6) is 0.994. The second-order valence-electron chi connectivity index (χ2n) is 5.91. The Bertz CT molecular complexity index is 879. The monoisotopic (exact) mass is 352 g/mol. The molecule has 0 atom stereocenters. The molecule has 6 heteroatoms. The van der Waals surface area contributed by atoms with Crippen LogP contribution in [0.3, 0.4) is 0 Å². The predicted molar refractivity (Wildman–Crippen MR) is 95.6 cm³/mol. The molecule has 6 nitrogen and oxygen atoms in total. The van der Waals surface area contributed by atoms with Crippen LogP contribution >= 0.6 is 0 Å². The summed E-state index contributed by atoms with van der Waals surface area (Å²) in [5, 5.41) is 2.59. The summed E-state index contributed by atoms with van der Waals surface area (Å²) < 4.78 is 10.7. The van der Waals surface area contributed by atoms with Crippen molar-refractivity contribution in [3.8, 4) is 0 Å². The quantitative estimate of drug-likeness (QED) is 0.738. The fraction of sp³-hybridized carbons (Fsp3) is 0.200. The number of nitrogens with zero attached hydrogens (tertiary/aromatic N) is 1. The molecule has 0 aliphatic heterocycles. The summed E-state index contributed by atoms with van der Waals surface area (Å²) in [7, 11) is 1.59. The summed E-state index contributed by atoms with van der Waals surface area (Å²) in [6.45, 7) is 2.49. The summed E-state index contributed by atoms with van der Waals surface area (Å²) in [5.41, 5.74) is 2.02. The standard InChI is InChI=1S/C20H20N2O4/c1-14-18(9-11-25-14)20(24)22(13-17-4-3-10-26-17)12-15-5-7-16(8-6-15)19(23)21-2/h3-11H,12-13H2,1-2H3,(H,21,23). The van der Waals surface area contributed by atoms with Gasteiger partial charge in [0.25, 0.3) is 11.8 Å². The molecule has 0 radical (unpaired) electrons. The normalized spacial score (nSPS) is 10.5. The molecular formula is C20H20N2O4. The average Bonchev–Trinajstić information content (AvgIpc) is 3.32. The van der Waals surface area contributed by atoms with Crippen LogP contribution in [0.4, 0.5) is 0 Å². The van der Waals surface area contributed by atoms with Crippen molar-refractivity contribution in [3.63, 3.8) is 0 Å². The largest absolute Gasteiger partial charge is 0.469 e. The van der Waals surface area contributed by atoms with E-state index >= 15 is 0 Å². The number of hydrogen-bond acceptors (Lipinski definition) is 4. The lowest BCUT2D eigenvalue weighted by molar-refractivity contribution is 0.0715. The van der Waals surface area contributed by atoms with Gasteiger partial charge in [-0.3, -0.25) is 9.59 Å². The lowest BCUT2D eigenvalue weighted by Crippen LogP contribution is -2.30. The molecule has 134 valence electrons. The number of carbonyl (C=O) groups excluding carboxylic acids is 2. The van der Waals surface area contributed by atoms with E-state index < -0.39 is 0 Å². The molecular weight excluding hydrogens is 332 g/mol. The van der Waals surface area contributed by atoms with Crippen LogP contribution in [-0.4, -0.2) is 23.8 Å². The number of rotatable bonds is 6. The summed E-state index contributed by atoms with van der Waals surface area (Å²) in [6.07, 6.45) is 3.09. The summed E-state index contributed by atoms with van der Waals surface area (Å²) in [4.78, 5) is 26.3. The van der Waals surface area contributed by atoms with Crippen LogP contribution in [-0.2, 0) is 13.1 Å². The molecule has 1 N–H and O–H groups in total. The van der Waals surface area contributed by atoms with Crippen molar-refractivity contribution in [2.24, 2.45) is 0 Å². The number of nitrogens with one attached hydrogen (secondary N) is 1. The smallest absolute Gasteiger partial charge is 0.258 e. The molecule has 0 saturated carbocycles. The van der Waals surface area contributed by atoms with Gasteiger partial charge in [-0.25, -0.2) is 0 Å². The average molecular weight is 352 g/mol. The molecule has 26 heavy (non-hydrogen) atoms. The first-order valence-electron chi connectivity index (χ1n) is 8.25. The van der Waals surface area contributed by atoms with E-state index in [-0.39, 0.29) is 11.8 Å². The van der Waals surface area contributed by atoms with E-state index in [1.807, 2.05) is 18.2 Å². The maximum absolute atomic E-state index is 12.9. The number of aryl methyl sites for hydroxylation is 1. The van der Waals surface area contributed by atoms with Gasteiger partial charge in [0.15, 0.2) is 0 Å². The molecule has 2 amide bonds. The van der Waals surface area contributed by atoms with Crippen molar-refractivity contribution in [3.05, 3.63) is 83.2 Å². The molecule has 0 fully saturated rings.